The number of aryl methyl sites for hydroxylation is 2. The molecule has 0 fully saturated rings. The maximum absolute atomic E-state index is 12.2. The minimum absolute atomic E-state index is 0.119. The summed E-state index contributed by atoms with van der Waals surface area (Å²) in [5, 5.41) is 12.3. The molecule has 4 N–H and O–H groups in total. The molecule has 0 aliphatic carbocycles. The summed E-state index contributed by atoms with van der Waals surface area (Å²) in [6, 6.07) is 5.03. The Bertz CT molecular complexity index is 856. The van der Waals surface area contributed by atoms with E-state index in [2.05, 4.69) is 20.8 Å². The molecule has 0 unspecified atom stereocenters. The van der Waals surface area contributed by atoms with Gasteiger partial charge in [-0.15, -0.1) is 10.2 Å². The number of rotatable bonds is 7. The molecule has 2 rings (SSSR count). The van der Waals surface area contributed by atoms with E-state index in [1.54, 1.807) is 13.0 Å². The Labute approximate surface area is 169 Å². The number of anilines is 1. The first-order valence-electron chi connectivity index (χ1n) is 7.85. The Balaban J connectivity index is 1.85. The van der Waals surface area contributed by atoms with Crippen molar-refractivity contribution in [1.29, 1.82) is 0 Å². The van der Waals surface area contributed by atoms with Crippen LogP contribution in [0.15, 0.2) is 26.9 Å². The van der Waals surface area contributed by atoms with Crippen molar-refractivity contribution in [3.8, 4) is 0 Å². The van der Waals surface area contributed by atoms with Gasteiger partial charge in [0.15, 0.2) is 8.68 Å². The third-order valence-electron chi connectivity index (χ3n) is 3.24. The van der Waals surface area contributed by atoms with Crippen molar-refractivity contribution in [2.75, 3.05) is 11.1 Å². The first-order chi connectivity index (χ1) is 12.7. The number of imide groups is 1. The number of carbonyl (C=O) groups excluding carboxylic acids is 3. The van der Waals surface area contributed by atoms with Gasteiger partial charge in [0.2, 0.25) is 11.8 Å². The van der Waals surface area contributed by atoms with Gasteiger partial charge in [0.25, 0.3) is 0 Å². The number of amides is 4. The van der Waals surface area contributed by atoms with Crippen LogP contribution in [-0.4, -0.2) is 39.0 Å². The Hall–Kier alpha value is -2.11. The molecule has 1 heterocycles. The number of primary amides is 1. The summed E-state index contributed by atoms with van der Waals surface area (Å²) in [5.74, 6) is -0.760. The highest BCUT2D eigenvalue weighted by Crippen LogP contribution is 2.31. The molecule has 0 aliphatic rings. The lowest BCUT2D eigenvalue weighted by Crippen LogP contribution is -2.39. The molecule has 27 heavy (non-hydrogen) atoms. The molecular formula is C16H19N5O3S3. The number of urea groups is 1. The van der Waals surface area contributed by atoms with E-state index < -0.39 is 23.1 Å². The van der Waals surface area contributed by atoms with Crippen LogP contribution < -0.4 is 16.4 Å². The molecule has 0 bridgehead atoms. The van der Waals surface area contributed by atoms with E-state index >= 15 is 0 Å². The van der Waals surface area contributed by atoms with Gasteiger partial charge in [0, 0.05) is 5.69 Å². The molecule has 1 aromatic carbocycles. The molecule has 1 atom stereocenters. The van der Waals surface area contributed by atoms with E-state index in [9.17, 15) is 14.4 Å². The fourth-order valence-electron chi connectivity index (χ4n) is 1.96. The fourth-order valence-corrected chi connectivity index (χ4v) is 4.86. The summed E-state index contributed by atoms with van der Waals surface area (Å²) in [6.07, 6.45) is 0. The minimum atomic E-state index is -0.589. The quantitative estimate of drug-likeness (QED) is 0.582. The third kappa shape index (κ3) is 6.85. The van der Waals surface area contributed by atoms with Gasteiger partial charge < -0.3 is 11.1 Å². The summed E-state index contributed by atoms with van der Waals surface area (Å²) in [5.41, 5.74) is 7.73. The number of hydrogen-bond acceptors (Lipinski definition) is 8. The van der Waals surface area contributed by atoms with Crippen LogP contribution in [0.2, 0.25) is 0 Å². The second-order valence-corrected chi connectivity index (χ2v) is 9.40. The van der Waals surface area contributed by atoms with E-state index in [-0.39, 0.29) is 5.75 Å². The van der Waals surface area contributed by atoms with Crippen molar-refractivity contribution >= 4 is 58.4 Å². The summed E-state index contributed by atoms with van der Waals surface area (Å²) >= 11 is 3.64. The lowest BCUT2D eigenvalue weighted by Gasteiger charge is -2.12. The number of nitrogens with zero attached hydrogens (tertiary/aromatic N) is 2. The number of nitrogens with one attached hydrogen (secondary N) is 2. The summed E-state index contributed by atoms with van der Waals surface area (Å²) in [6.45, 7) is 5.51. The van der Waals surface area contributed by atoms with E-state index in [0.717, 1.165) is 11.1 Å². The first-order valence-corrected chi connectivity index (χ1v) is 10.5. The number of carbonyl (C=O) groups is 3. The lowest BCUT2D eigenvalue weighted by molar-refractivity contribution is -0.119. The van der Waals surface area contributed by atoms with E-state index in [4.69, 9.17) is 5.73 Å². The van der Waals surface area contributed by atoms with E-state index in [0.29, 0.717) is 14.4 Å². The normalized spacial score (nSPS) is 11.7. The van der Waals surface area contributed by atoms with Crippen LogP contribution in [-0.2, 0) is 9.59 Å². The van der Waals surface area contributed by atoms with Crippen molar-refractivity contribution in [2.45, 2.75) is 34.7 Å². The minimum Gasteiger partial charge on any atom is -0.369 e. The predicted molar refractivity (Wildman–Crippen MR) is 108 cm³/mol. The second kappa shape index (κ2) is 9.72. The number of nitrogens with two attached hydrogens (primary N) is 1. The zero-order valence-electron chi connectivity index (χ0n) is 14.9. The molecular weight excluding hydrogens is 406 g/mol. The molecule has 0 spiro atoms. The van der Waals surface area contributed by atoms with E-state index in [1.807, 2.05) is 26.0 Å². The topological polar surface area (TPSA) is 127 Å². The smallest absolute Gasteiger partial charge is 0.325 e. The second-order valence-electron chi connectivity index (χ2n) is 5.61. The Kier molecular flexibility index (Phi) is 7.63. The van der Waals surface area contributed by atoms with Crippen LogP contribution in [0, 0.1) is 13.8 Å². The highest BCUT2D eigenvalue weighted by Gasteiger charge is 2.20. The lowest BCUT2D eigenvalue weighted by atomic mass is 10.1. The highest BCUT2D eigenvalue weighted by molar-refractivity contribution is 8.04. The fraction of sp³-hybridized carbons (Fsp3) is 0.312. The number of benzene rings is 1. The maximum atomic E-state index is 12.2. The third-order valence-corrected chi connectivity index (χ3v) is 6.50. The van der Waals surface area contributed by atoms with E-state index in [1.165, 1.54) is 34.9 Å². The van der Waals surface area contributed by atoms with Gasteiger partial charge in [-0.25, -0.2) is 4.79 Å². The van der Waals surface area contributed by atoms with Gasteiger partial charge in [0.05, 0.1) is 11.0 Å². The van der Waals surface area contributed by atoms with Crippen LogP contribution in [0.5, 0.6) is 0 Å². The van der Waals surface area contributed by atoms with Crippen LogP contribution in [0.25, 0.3) is 0 Å². The molecule has 0 radical (unpaired) electrons. The standard InChI is InChI=1S/C16H19N5O3S3/c1-8-4-5-11(9(2)6-8)18-14(24)19-13(23)10(3)26-16-21-20-15(27-16)25-7-12(17)22/h4-6,10H,7H2,1-3H3,(H2,17,22)(H2,18,19,23,24)/t10-/m0/s1. The van der Waals surface area contributed by atoms with Crippen LogP contribution in [0.4, 0.5) is 10.5 Å². The Morgan fingerprint density at radius 1 is 1.22 bits per heavy atom. The van der Waals surface area contributed by atoms with Crippen LogP contribution >= 0.6 is 34.9 Å². The van der Waals surface area contributed by atoms with Gasteiger partial charge >= 0.3 is 6.03 Å². The predicted octanol–water partition coefficient (Wildman–Crippen LogP) is 2.56. The SMILES string of the molecule is Cc1ccc(NC(=O)NC(=O)[C@H](C)Sc2nnc(SCC(N)=O)s2)c(C)c1. The Morgan fingerprint density at radius 3 is 2.59 bits per heavy atom. The first kappa shape index (κ1) is 21.2. The van der Waals surface area contributed by atoms with Crippen molar-refractivity contribution in [2.24, 2.45) is 5.73 Å². The molecule has 11 heteroatoms. The summed E-state index contributed by atoms with van der Waals surface area (Å²) < 4.78 is 1.16. The average molecular weight is 426 g/mol. The highest BCUT2D eigenvalue weighted by atomic mass is 32.2. The molecule has 0 saturated carbocycles. The van der Waals surface area contributed by atoms with Gasteiger partial charge in [-0.3, -0.25) is 14.9 Å². The molecule has 8 nitrogen and oxygen atoms in total. The molecule has 0 saturated heterocycles. The van der Waals surface area contributed by atoms with Gasteiger partial charge in [-0.2, -0.15) is 0 Å². The zero-order valence-corrected chi connectivity index (χ0v) is 17.4. The largest absolute Gasteiger partial charge is 0.369 e. The summed E-state index contributed by atoms with van der Waals surface area (Å²) in [4.78, 5) is 35.0. The molecule has 4 amide bonds. The number of hydrogen-bond donors (Lipinski definition) is 3. The van der Waals surface area contributed by atoms with Gasteiger partial charge in [0.1, 0.15) is 0 Å². The molecule has 0 aliphatic heterocycles. The van der Waals surface area contributed by atoms with Gasteiger partial charge in [-0.05, 0) is 32.4 Å². The van der Waals surface area contributed by atoms with Crippen molar-refractivity contribution in [1.82, 2.24) is 15.5 Å². The van der Waals surface area contributed by atoms with Gasteiger partial charge in [-0.1, -0.05) is 52.6 Å². The number of aromatic nitrogens is 2. The van der Waals surface area contributed by atoms with Crippen molar-refractivity contribution in [3.63, 3.8) is 0 Å². The monoisotopic (exact) mass is 425 g/mol. The zero-order chi connectivity index (χ0) is 20.0. The number of thioether (sulfide) groups is 2. The summed E-state index contributed by atoms with van der Waals surface area (Å²) in [7, 11) is 0. The van der Waals surface area contributed by atoms with Crippen molar-refractivity contribution in [3.05, 3.63) is 29.3 Å². The molecule has 1 aromatic heterocycles. The molecule has 144 valence electrons. The Morgan fingerprint density at radius 2 is 1.93 bits per heavy atom. The maximum Gasteiger partial charge on any atom is 0.325 e. The molecule has 2 aromatic rings. The van der Waals surface area contributed by atoms with Crippen LogP contribution in [0.3, 0.4) is 0 Å². The average Bonchev–Trinajstić information content (AvgIpc) is 3.03. The van der Waals surface area contributed by atoms with Crippen LogP contribution in [0.1, 0.15) is 18.1 Å². The van der Waals surface area contributed by atoms with Crippen molar-refractivity contribution < 1.29 is 14.4 Å².